The minimum absolute atomic E-state index is 0.00172. The van der Waals surface area contributed by atoms with Crippen LogP contribution in [0, 0.1) is 6.92 Å². The molecule has 38 heavy (non-hydrogen) atoms. The Bertz CT molecular complexity index is 1680. The fourth-order valence-electron chi connectivity index (χ4n) is 4.41. The lowest BCUT2D eigenvalue weighted by Crippen LogP contribution is -2.16. The third-order valence-electron chi connectivity index (χ3n) is 6.36. The van der Waals surface area contributed by atoms with E-state index in [1.807, 2.05) is 0 Å². The van der Waals surface area contributed by atoms with Gasteiger partial charge in [0.1, 0.15) is 11.1 Å². The molecule has 0 atom stereocenters. The molecule has 1 aliphatic carbocycles. The fraction of sp³-hybridized carbons (Fsp3) is 0.320. The molecule has 3 aromatic heterocycles. The number of carbonyl (C=O) groups excluding carboxylic acids is 2. The molecule has 0 aliphatic heterocycles. The number of hydrogen-bond acceptors (Lipinski definition) is 8. The van der Waals surface area contributed by atoms with Gasteiger partial charge in [0.2, 0.25) is 11.7 Å². The average molecular weight is 557 g/mol. The van der Waals surface area contributed by atoms with Crippen LogP contribution in [0.3, 0.4) is 0 Å². The molecule has 0 bridgehead atoms. The Labute approximate surface area is 223 Å². The molecular weight excluding hydrogens is 532 g/mol. The Hall–Kier alpha value is -3.77. The first-order valence-electron chi connectivity index (χ1n) is 11.8. The van der Waals surface area contributed by atoms with Crippen molar-refractivity contribution < 1.29 is 22.7 Å². The number of carbonyl (C=O) groups is 2. The lowest BCUT2D eigenvalue weighted by Gasteiger charge is -2.14. The number of ketones is 1. The molecule has 0 spiro atoms. The molecular formula is C25H25ClN6O5S. The third kappa shape index (κ3) is 4.76. The van der Waals surface area contributed by atoms with E-state index in [-0.39, 0.29) is 50.5 Å². The number of benzene rings is 1. The van der Waals surface area contributed by atoms with Crippen LogP contribution in [0.4, 0.5) is 0 Å². The van der Waals surface area contributed by atoms with E-state index in [9.17, 15) is 18.0 Å². The van der Waals surface area contributed by atoms with Crippen LogP contribution in [0.15, 0.2) is 41.7 Å². The minimum atomic E-state index is -3.66. The van der Waals surface area contributed by atoms with Gasteiger partial charge in [-0.05, 0) is 38.0 Å². The van der Waals surface area contributed by atoms with Gasteiger partial charge in [0.25, 0.3) is 0 Å². The van der Waals surface area contributed by atoms with Crippen LogP contribution in [0.25, 0.3) is 0 Å². The van der Waals surface area contributed by atoms with Crippen molar-refractivity contribution in [1.82, 2.24) is 29.3 Å². The van der Waals surface area contributed by atoms with Gasteiger partial charge in [-0.2, -0.15) is 15.3 Å². The van der Waals surface area contributed by atoms with Crippen molar-refractivity contribution in [2.24, 2.45) is 14.1 Å². The number of sulfone groups is 1. The molecule has 1 aliphatic rings. The molecule has 198 valence electrons. The standard InChI is InChI=1S/C25H25ClN6O5S/c1-14-17(12-30(2)28-14)25(34)37-24-20(22(15-6-7-15)29-31(24)3)23(33)16-8-9-19(38(4,35)36)18(21(16)26)13-32-11-5-10-27-32/h5,8-12,15H,6-7,13H2,1-4H3. The van der Waals surface area contributed by atoms with Crippen molar-refractivity contribution in [1.29, 1.82) is 0 Å². The number of aryl methyl sites for hydroxylation is 3. The normalized spacial score (nSPS) is 13.6. The lowest BCUT2D eigenvalue weighted by molar-refractivity contribution is 0.0717. The maximum atomic E-state index is 14.0. The summed E-state index contributed by atoms with van der Waals surface area (Å²) in [5, 5.41) is 12.8. The quantitative estimate of drug-likeness (QED) is 0.239. The van der Waals surface area contributed by atoms with Gasteiger partial charge in [-0.3, -0.25) is 14.2 Å². The molecule has 0 radical (unpaired) electrons. The van der Waals surface area contributed by atoms with Crippen molar-refractivity contribution in [3.8, 4) is 5.88 Å². The summed E-state index contributed by atoms with van der Waals surface area (Å²) in [7, 11) is -0.374. The van der Waals surface area contributed by atoms with Crippen molar-refractivity contribution in [2.75, 3.05) is 6.26 Å². The molecule has 0 N–H and O–H groups in total. The summed E-state index contributed by atoms with van der Waals surface area (Å²) in [6, 6.07) is 4.45. The van der Waals surface area contributed by atoms with Crippen LogP contribution in [0.5, 0.6) is 5.88 Å². The molecule has 3 heterocycles. The first-order chi connectivity index (χ1) is 18.0. The molecule has 11 nitrogen and oxygen atoms in total. The topological polar surface area (TPSA) is 131 Å². The van der Waals surface area contributed by atoms with E-state index in [0.717, 1.165) is 19.1 Å². The zero-order valence-corrected chi connectivity index (χ0v) is 22.7. The lowest BCUT2D eigenvalue weighted by atomic mass is 9.99. The number of halogens is 1. The fourth-order valence-corrected chi connectivity index (χ4v) is 5.70. The second kappa shape index (κ2) is 9.52. The van der Waals surface area contributed by atoms with Crippen LogP contribution >= 0.6 is 11.6 Å². The van der Waals surface area contributed by atoms with Gasteiger partial charge in [0.15, 0.2) is 9.84 Å². The van der Waals surface area contributed by atoms with Crippen LogP contribution in [-0.4, -0.2) is 55.8 Å². The zero-order chi connectivity index (χ0) is 27.4. The molecule has 0 unspecified atom stereocenters. The summed E-state index contributed by atoms with van der Waals surface area (Å²) in [5.41, 5.74) is 1.70. The Morgan fingerprint density at radius 2 is 1.89 bits per heavy atom. The first-order valence-corrected chi connectivity index (χ1v) is 14.1. The number of ether oxygens (including phenoxy) is 1. The molecule has 1 aromatic carbocycles. The van der Waals surface area contributed by atoms with Crippen LogP contribution in [-0.2, 0) is 30.5 Å². The van der Waals surface area contributed by atoms with E-state index < -0.39 is 21.6 Å². The zero-order valence-electron chi connectivity index (χ0n) is 21.2. The van der Waals surface area contributed by atoms with E-state index in [4.69, 9.17) is 16.3 Å². The van der Waals surface area contributed by atoms with Crippen molar-refractivity contribution in [3.63, 3.8) is 0 Å². The van der Waals surface area contributed by atoms with Gasteiger partial charge in [-0.1, -0.05) is 11.6 Å². The van der Waals surface area contributed by atoms with Gasteiger partial charge in [0.05, 0.1) is 27.9 Å². The smallest absolute Gasteiger partial charge is 0.348 e. The molecule has 0 amide bonds. The van der Waals surface area contributed by atoms with Crippen molar-refractivity contribution in [3.05, 3.63) is 75.5 Å². The van der Waals surface area contributed by atoms with Gasteiger partial charge in [0, 0.05) is 56.0 Å². The molecule has 1 saturated carbocycles. The monoisotopic (exact) mass is 556 g/mol. The second-order valence-electron chi connectivity index (χ2n) is 9.36. The van der Waals surface area contributed by atoms with E-state index in [1.54, 1.807) is 45.7 Å². The minimum Gasteiger partial charge on any atom is -0.403 e. The number of aromatic nitrogens is 6. The van der Waals surface area contributed by atoms with Crippen LogP contribution in [0.1, 0.15) is 62.0 Å². The maximum Gasteiger partial charge on any atom is 0.348 e. The highest BCUT2D eigenvalue weighted by Crippen LogP contribution is 2.44. The number of rotatable bonds is 8. The second-order valence-corrected chi connectivity index (χ2v) is 11.7. The Morgan fingerprint density at radius 3 is 2.47 bits per heavy atom. The average Bonchev–Trinajstić information content (AvgIpc) is 3.31. The largest absolute Gasteiger partial charge is 0.403 e. The van der Waals surface area contributed by atoms with Gasteiger partial charge in [-0.15, -0.1) is 0 Å². The summed E-state index contributed by atoms with van der Waals surface area (Å²) in [6.45, 7) is 1.73. The highest BCUT2D eigenvalue weighted by atomic mass is 35.5. The Kier molecular flexibility index (Phi) is 6.48. The predicted molar refractivity (Wildman–Crippen MR) is 137 cm³/mol. The number of nitrogens with zero attached hydrogens (tertiary/aromatic N) is 6. The van der Waals surface area contributed by atoms with Crippen molar-refractivity contribution >= 4 is 33.2 Å². The van der Waals surface area contributed by atoms with Gasteiger partial charge >= 0.3 is 5.97 Å². The predicted octanol–water partition coefficient (Wildman–Crippen LogP) is 3.09. The highest BCUT2D eigenvalue weighted by Gasteiger charge is 2.37. The summed E-state index contributed by atoms with van der Waals surface area (Å²) in [6.07, 6.45) is 7.54. The number of hydrogen-bond donors (Lipinski definition) is 0. The van der Waals surface area contributed by atoms with E-state index in [2.05, 4.69) is 15.3 Å². The van der Waals surface area contributed by atoms with Crippen LogP contribution < -0.4 is 4.74 Å². The van der Waals surface area contributed by atoms with Crippen LogP contribution in [0.2, 0.25) is 5.02 Å². The highest BCUT2D eigenvalue weighted by molar-refractivity contribution is 7.90. The third-order valence-corrected chi connectivity index (χ3v) is 7.97. The Morgan fingerprint density at radius 1 is 1.16 bits per heavy atom. The molecule has 4 aromatic rings. The van der Waals surface area contributed by atoms with E-state index >= 15 is 0 Å². The van der Waals surface area contributed by atoms with Gasteiger partial charge < -0.3 is 4.74 Å². The van der Waals surface area contributed by atoms with Gasteiger partial charge in [-0.25, -0.2) is 17.9 Å². The molecule has 1 fully saturated rings. The van der Waals surface area contributed by atoms with E-state index in [1.165, 1.54) is 26.2 Å². The maximum absolute atomic E-state index is 14.0. The number of esters is 1. The SMILES string of the molecule is Cc1nn(C)cc1C(=O)Oc1c(C(=O)c2ccc(S(C)(=O)=O)c(Cn3cccn3)c2Cl)c(C2CC2)nn1C. The summed E-state index contributed by atoms with van der Waals surface area (Å²) < 4.78 is 35.2. The summed E-state index contributed by atoms with van der Waals surface area (Å²) in [4.78, 5) is 27.1. The molecule has 0 saturated heterocycles. The summed E-state index contributed by atoms with van der Waals surface area (Å²) >= 11 is 6.74. The summed E-state index contributed by atoms with van der Waals surface area (Å²) in [5.74, 6) is -1.15. The Balaban J connectivity index is 1.61. The van der Waals surface area contributed by atoms with E-state index in [0.29, 0.717) is 11.4 Å². The first kappa shape index (κ1) is 25.9. The van der Waals surface area contributed by atoms with Crippen molar-refractivity contribution in [2.45, 2.75) is 37.1 Å². The molecule has 13 heteroatoms. The molecule has 5 rings (SSSR count).